The number of Topliss-reactive ketones (excluding diaryl/α,β-unsaturated/α-hetero) is 1. The smallest absolute Gasteiger partial charge is 0.313 e. The lowest BCUT2D eigenvalue weighted by atomic mass is 10.0. The predicted molar refractivity (Wildman–Crippen MR) is 55.7 cm³/mol. The van der Waals surface area contributed by atoms with Crippen LogP contribution in [0.4, 0.5) is 0 Å². The maximum absolute atomic E-state index is 11.2. The third-order valence-electron chi connectivity index (χ3n) is 1.66. The molecule has 3 nitrogen and oxygen atoms in total. The molecule has 0 aliphatic rings. The van der Waals surface area contributed by atoms with Gasteiger partial charge in [0.15, 0.2) is 3.79 Å². The number of hydrogen-bond donors (Lipinski definition) is 0. The van der Waals surface area contributed by atoms with Crippen molar-refractivity contribution in [2.24, 2.45) is 5.92 Å². The molecule has 6 heteroatoms. The van der Waals surface area contributed by atoms with Gasteiger partial charge in [-0.15, -0.1) is 0 Å². The number of carbonyl (C=O) groups excluding carboxylic acids is 2. The Labute approximate surface area is 97.6 Å². The van der Waals surface area contributed by atoms with Gasteiger partial charge < -0.3 is 4.74 Å². The van der Waals surface area contributed by atoms with Gasteiger partial charge in [0.25, 0.3) is 0 Å². The Hall–Kier alpha value is 0.01000. The first-order valence-electron chi connectivity index (χ1n) is 3.92. The number of halogens is 3. The van der Waals surface area contributed by atoms with Crippen LogP contribution >= 0.6 is 34.8 Å². The van der Waals surface area contributed by atoms with E-state index in [2.05, 4.69) is 4.74 Å². The summed E-state index contributed by atoms with van der Waals surface area (Å²) in [5, 5.41) is 0. The van der Waals surface area contributed by atoms with Gasteiger partial charge in [-0.25, -0.2) is 0 Å². The molecule has 0 fully saturated rings. The molecular formula is C8H11Cl3O3. The Bertz CT molecular complexity index is 222. The van der Waals surface area contributed by atoms with Gasteiger partial charge in [0, 0.05) is 12.3 Å². The molecule has 0 aromatic heterocycles. The lowest BCUT2D eigenvalue weighted by Crippen LogP contribution is -2.21. The van der Waals surface area contributed by atoms with Crippen LogP contribution in [-0.2, 0) is 14.3 Å². The molecule has 0 saturated carbocycles. The highest BCUT2D eigenvalue weighted by Gasteiger charge is 2.30. The summed E-state index contributed by atoms with van der Waals surface area (Å²) in [6, 6.07) is 0. The van der Waals surface area contributed by atoms with E-state index < -0.39 is 15.7 Å². The number of ketones is 1. The Morgan fingerprint density at radius 1 is 1.36 bits per heavy atom. The van der Waals surface area contributed by atoms with E-state index in [1.54, 1.807) is 6.92 Å². The zero-order valence-electron chi connectivity index (χ0n) is 7.85. The third kappa shape index (κ3) is 5.68. The summed E-state index contributed by atoms with van der Waals surface area (Å²) in [5.41, 5.74) is 0. The van der Waals surface area contributed by atoms with Crippen LogP contribution in [-0.4, -0.2) is 22.7 Å². The minimum Gasteiger partial charge on any atom is -0.469 e. The number of esters is 1. The van der Waals surface area contributed by atoms with Crippen molar-refractivity contribution >= 4 is 46.6 Å². The average molecular weight is 262 g/mol. The molecular weight excluding hydrogens is 250 g/mol. The maximum atomic E-state index is 11.2. The second-order valence-corrected chi connectivity index (χ2v) is 5.31. The van der Waals surface area contributed by atoms with Crippen molar-refractivity contribution in [3.05, 3.63) is 0 Å². The molecule has 0 spiro atoms. The minimum absolute atomic E-state index is 0.0472. The first-order chi connectivity index (χ1) is 6.27. The van der Waals surface area contributed by atoms with E-state index >= 15 is 0 Å². The summed E-state index contributed by atoms with van der Waals surface area (Å²) < 4.78 is 2.85. The Balaban J connectivity index is 4.01. The summed E-state index contributed by atoms with van der Waals surface area (Å²) in [5.74, 6) is -1.30. The molecule has 1 atom stereocenters. The Morgan fingerprint density at radius 2 is 1.86 bits per heavy atom. The van der Waals surface area contributed by atoms with Crippen molar-refractivity contribution in [2.75, 3.05) is 7.11 Å². The highest BCUT2D eigenvalue weighted by Crippen LogP contribution is 2.36. The number of rotatable bonds is 4. The van der Waals surface area contributed by atoms with E-state index in [-0.39, 0.29) is 18.6 Å². The van der Waals surface area contributed by atoms with Crippen molar-refractivity contribution < 1.29 is 14.3 Å². The predicted octanol–water partition coefficient (Wildman–Crippen LogP) is 2.52. The lowest BCUT2D eigenvalue weighted by molar-refractivity contribution is -0.143. The quantitative estimate of drug-likeness (QED) is 0.444. The molecule has 0 saturated heterocycles. The van der Waals surface area contributed by atoms with Crippen molar-refractivity contribution in [3.63, 3.8) is 0 Å². The van der Waals surface area contributed by atoms with Crippen LogP contribution in [0.5, 0.6) is 0 Å². The fourth-order valence-corrected chi connectivity index (χ4v) is 0.994. The molecule has 0 aliphatic carbocycles. The van der Waals surface area contributed by atoms with Crippen LogP contribution in [0, 0.1) is 5.92 Å². The zero-order chi connectivity index (χ0) is 11.4. The first-order valence-corrected chi connectivity index (χ1v) is 5.06. The van der Waals surface area contributed by atoms with Gasteiger partial charge >= 0.3 is 5.97 Å². The van der Waals surface area contributed by atoms with E-state index in [1.807, 2.05) is 0 Å². The number of alkyl halides is 3. The lowest BCUT2D eigenvalue weighted by Gasteiger charge is -2.18. The normalized spacial score (nSPS) is 13.5. The summed E-state index contributed by atoms with van der Waals surface area (Å²) >= 11 is 16.7. The van der Waals surface area contributed by atoms with Gasteiger partial charge in [-0.2, -0.15) is 0 Å². The first kappa shape index (κ1) is 14.0. The van der Waals surface area contributed by atoms with Crippen molar-refractivity contribution in [3.8, 4) is 0 Å². The van der Waals surface area contributed by atoms with Crippen LogP contribution in [0.3, 0.4) is 0 Å². The molecule has 0 amide bonds. The van der Waals surface area contributed by atoms with E-state index in [4.69, 9.17) is 34.8 Å². The van der Waals surface area contributed by atoms with Gasteiger partial charge in [0.1, 0.15) is 12.2 Å². The van der Waals surface area contributed by atoms with E-state index in [1.165, 1.54) is 7.11 Å². The highest BCUT2D eigenvalue weighted by atomic mass is 35.6. The zero-order valence-corrected chi connectivity index (χ0v) is 10.1. The van der Waals surface area contributed by atoms with Crippen molar-refractivity contribution in [1.29, 1.82) is 0 Å². The largest absolute Gasteiger partial charge is 0.469 e. The highest BCUT2D eigenvalue weighted by molar-refractivity contribution is 6.67. The van der Waals surface area contributed by atoms with Crippen LogP contribution in [0.25, 0.3) is 0 Å². The second-order valence-electron chi connectivity index (χ2n) is 2.94. The number of ether oxygens (including phenoxy) is 1. The second kappa shape index (κ2) is 5.79. The molecule has 14 heavy (non-hydrogen) atoms. The molecule has 0 heterocycles. The number of hydrogen-bond acceptors (Lipinski definition) is 3. The number of carbonyl (C=O) groups is 2. The molecule has 0 aromatic rings. The molecule has 0 aromatic carbocycles. The summed E-state index contributed by atoms with van der Waals surface area (Å²) in [4.78, 5) is 21.9. The van der Waals surface area contributed by atoms with Crippen LogP contribution in [0.1, 0.15) is 19.8 Å². The van der Waals surface area contributed by atoms with E-state index in [9.17, 15) is 9.59 Å². The topological polar surface area (TPSA) is 43.4 Å². The Morgan fingerprint density at radius 3 is 2.21 bits per heavy atom. The standard InChI is InChI=1S/C8H11Cl3O3/c1-5(8(9,10)11)3-6(12)4-7(13)14-2/h5H,3-4H2,1-2H3/t5-/m0/s1. The van der Waals surface area contributed by atoms with Gasteiger partial charge in [0.2, 0.25) is 0 Å². The van der Waals surface area contributed by atoms with Gasteiger partial charge in [-0.3, -0.25) is 9.59 Å². The summed E-state index contributed by atoms with van der Waals surface area (Å²) in [7, 11) is 1.22. The Kier molecular flexibility index (Phi) is 5.79. The fourth-order valence-electron chi connectivity index (χ4n) is 0.763. The molecule has 82 valence electrons. The van der Waals surface area contributed by atoms with Gasteiger partial charge in [-0.1, -0.05) is 41.7 Å². The molecule has 0 N–H and O–H groups in total. The molecule has 0 aliphatic heterocycles. The van der Waals surface area contributed by atoms with Gasteiger partial charge in [-0.05, 0) is 0 Å². The monoisotopic (exact) mass is 260 g/mol. The molecule has 0 bridgehead atoms. The van der Waals surface area contributed by atoms with E-state index in [0.29, 0.717) is 0 Å². The molecule has 0 rings (SSSR count). The van der Waals surface area contributed by atoms with Gasteiger partial charge in [0.05, 0.1) is 7.11 Å². The van der Waals surface area contributed by atoms with Crippen LogP contribution in [0.2, 0.25) is 0 Å². The van der Waals surface area contributed by atoms with Crippen LogP contribution < -0.4 is 0 Å². The minimum atomic E-state index is -1.48. The molecule has 0 radical (unpaired) electrons. The maximum Gasteiger partial charge on any atom is 0.313 e. The van der Waals surface area contributed by atoms with Crippen LogP contribution in [0.15, 0.2) is 0 Å². The summed E-state index contributed by atoms with van der Waals surface area (Å²) in [6.45, 7) is 1.63. The molecule has 0 unspecified atom stereocenters. The number of methoxy groups -OCH3 is 1. The SMILES string of the molecule is COC(=O)CC(=O)C[C@H](C)C(Cl)(Cl)Cl. The average Bonchev–Trinajstić information content (AvgIpc) is 2.02. The van der Waals surface area contributed by atoms with E-state index in [0.717, 1.165) is 0 Å². The summed E-state index contributed by atoms with van der Waals surface area (Å²) in [6.07, 6.45) is -0.229. The van der Waals surface area contributed by atoms with Crippen molar-refractivity contribution in [1.82, 2.24) is 0 Å². The fraction of sp³-hybridized carbons (Fsp3) is 0.750. The van der Waals surface area contributed by atoms with Crippen molar-refractivity contribution in [2.45, 2.75) is 23.6 Å². The third-order valence-corrected chi connectivity index (χ3v) is 2.78.